The third-order valence-electron chi connectivity index (χ3n) is 4.55. The van der Waals surface area contributed by atoms with Crippen LogP contribution in [-0.4, -0.2) is 23.4 Å². The van der Waals surface area contributed by atoms with Gasteiger partial charge in [-0.15, -0.1) is 0 Å². The molecule has 1 aliphatic carbocycles. The molecule has 102 valence electrons. The van der Waals surface area contributed by atoms with Crippen LogP contribution in [-0.2, 0) is 0 Å². The molecule has 0 bridgehead atoms. The molecule has 4 nitrogen and oxygen atoms in total. The Labute approximate surface area is 114 Å². The highest BCUT2D eigenvalue weighted by molar-refractivity contribution is 5.93. The summed E-state index contributed by atoms with van der Waals surface area (Å²) in [7, 11) is 0. The third-order valence-corrected chi connectivity index (χ3v) is 4.55. The Hall–Kier alpha value is -1.58. The standard InChI is InChI=1S/C15H22N4/c16-15(17)12-7-3-9-14(18-12)19-10-4-6-11-5-1-2-8-13(11)19/h3,7,9,11,13H,1-2,4-6,8,10H2,(H3,16,17)/t11-,13-/m1/s1. The van der Waals surface area contributed by atoms with E-state index in [4.69, 9.17) is 11.1 Å². The highest BCUT2D eigenvalue weighted by atomic mass is 15.2. The molecule has 3 rings (SSSR count). The minimum Gasteiger partial charge on any atom is -0.382 e. The highest BCUT2D eigenvalue weighted by Crippen LogP contribution is 2.37. The van der Waals surface area contributed by atoms with E-state index in [-0.39, 0.29) is 5.84 Å². The summed E-state index contributed by atoms with van der Waals surface area (Å²) < 4.78 is 0. The summed E-state index contributed by atoms with van der Waals surface area (Å²) in [5.41, 5.74) is 6.14. The van der Waals surface area contributed by atoms with Crippen LogP contribution in [0.5, 0.6) is 0 Å². The smallest absolute Gasteiger partial charge is 0.141 e. The Balaban J connectivity index is 1.87. The van der Waals surface area contributed by atoms with Crippen LogP contribution in [0.1, 0.15) is 44.2 Å². The van der Waals surface area contributed by atoms with Gasteiger partial charge in [-0.2, -0.15) is 0 Å². The fraction of sp³-hybridized carbons (Fsp3) is 0.600. The van der Waals surface area contributed by atoms with Crippen LogP contribution in [0.15, 0.2) is 18.2 Å². The lowest BCUT2D eigenvalue weighted by atomic mass is 9.78. The molecule has 1 saturated carbocycles. The van der Waals surface area contributed by atoms with Gasteiger partial charge in [-0.3, -0.25) is 5.41 Å². The van der Waals surface area contributed by atoms with Crippen LogP contribution < -0.4 is 10.6 Å². The quantitative estimate of drug-likeness (QED) is 0.633. The fourth-order valence-electron chi connectivity index (χ4n) is 3.64. The highest BCUT2D eigenvalue weighted by Gasteiger charge is 2.33. The first-order valence-electron chi connectivity index (χ1n) is 7.34. The van der Waals surface area contributed by atoms with Gasteiger partial charge >= 0.3 is 0 Å². The van der Waals surface area contributed by atoms with E-state index in [2.05, 4.69) is 16.0 Å². The number of nitrogen functional groups attached to an aromatic ring is 1. The lowest BCUT2D eigenvalue weighted by Crippen LogP contribution is -2.47. The summed E-state index contributed by atoms with van der Waals surface area (Å²) >= 11 is 0. The molecule has 0 spiro atoms. The molecule has 0 amide bonds. The number of nitrogens with zero attached hydrogens (tertiary/aromatic N) is 2. The number of pyridine rings is 1. The van der Waals surface area contributed by atoms with Crippen molar-refractivity contribution in [1.29, 1.82) is 5.41 Å². The Bertz CT molecular complexity index is 469. The molecule has 0 aromatic carbocycles. The zero-order valence-electron chi connectivity index (χ0n) is 11.3. The predicted molar refractivity (Wildman–Crippen MR) is 77.6 cm³/mol. The molecule has 0 radical (unpaired) electrons. The molecule has 0 unspecified atom stereocenters. The van der Waals surface area contributed by atoms with E-state index >= 15 is 0 Å². The molecule has 2 fully saturated rings. The van der Waals surface area contributed by atoms with E-state index in [0.717, 1.165) is 18.3 Å². The van der Waals surface area contributed by atoms with Crippen LogP contribution in [0, 0.1) is 11.3 Å². The van der Waals surface area contributed by atoms with E-state index in [1.54, 1.807) is 0 Å². The van der Waals surface area contributed by atoms with E-state index in [1.807, 2.05) is 12.1 Å². The molecule has 1 saturated heterocycles. The van der Waals surface area contributed by atoms with Crippen molar-refractivity contribution in [3.05, 3.63) is 23.9 Å². The lowest BCUT2D eigenvalue weighted by Gasteiger charge is -2.44. The first kappa shape index (κ1) is 12.5. The van der Waals surface area contributed by atoms with Crippen molar-refractivity contribution < 1.29 is 0 Å². The number of piperidine rings is 1. The van der Waals surface area contributed by atoms with Gasteiger partial charge in [0.1, 0.15) is 17.3 Å². The van der Waals surface area contributed by atoms with Crippen molar-refractivity contribution in [3.8, 4) is 0 Å². The van der Waals surface area contributed by atoms with Crippen molar-refractivity contribution in [2.45, 2.75) is 44.6 Å². The molecule has 1 aliphatic heterocycles. The Morgan fingerprint density at radius 1 is 1.21 bits per heavy atom. The monoisotopic (exact) mass is 258 g/mol. The Kier molecular flexibility index (Phi) is 3.40. The predicted octanol–water partition coefficient (Wildman–Crippen LogP) is 2.52. The number of aromatic nitrogens is 1. The number of fused-ring (bicyclic) bond motifs is 1. The first-order chi connectivity index (χ1) is 9.25. The molecule has 2 aliphatic rings. The zero-order chi connectivity index (χ0) is 13.2. The van der Waals surface area contributed by atoms with Crippen LogP contribution in [0.3, 0.4) is 0 Å². The van der Waals surface area contributed by atoms with E-state index in [9.17, 15) is 0 Å². The van der Waals surface area contributed by atoms with Crippen molar-refractivity contribution in [1.82, 2.24) is 4.98 Å². The molecular weight excluding hydrogens is 236 g/mol. The fourth-order valence-corrected chi connectivity index (χ4v) is 3.64. The molecule has 4 heteroatoms. The number of nitrogens with two attached hydrogens (primary N) is 1. The second kappa shape index (κ2) is 5.19. The molecule has 3 N–H and O–H groups in total. The second-order valence-corrected chi connectivity index (χ2v) is 5.74. The van der Waals surface area contributed by atoms with Crippen LogP contribution in [0.4, 0.5) is 5.82 Å². The maximum Gasteiger partial charge on any atom is 0.141 e. The average molecular weight is 258 g/mol. The summed E-state index contributed by atoms with van der Waals surface area (Å²) in [6.07, 6.45) is 8.00. The summed E-state index contributed by atoms with van der Waals surface area (Å²) in [5, 5.41) is 7.52. The van der Waals surface area contributed by atoms with Gasteiger partial charge in [0, 0.05) is 12.6 Å². The lowest BCUT2D eigenvalue weighted by molar-refractivity contribution is 0.243. The molecular formula is C15H22N4. The zero-order valence-corrected chi connectivity index (χ0v) is 11.3. The van der Waals surface area contributed by atoms with E-state index < -0.39 is 0 Å². The van der Waals surface area contributed by atoms with Gasteiger partial charge < -0.3 is 10.6 Å². The van der Waals surface area contributed by atoms with Gasteiger partial charge in [0.2, 0.25) is 0 Å². The van der Waals surface area contributed by atoms with Crippen molar-refractivity contribution >= 4 is 11.7 Å². The largest absolute Gasteiger partial charge is 0.382 e. The second-order valence-electron chi connectivity index (χ2n) is 5.74. The normalized spacial score (nSPS) is 26.8. The number of nitrogens with one attached hydrogen (secondary N) is 1. The SMILES string of the molecule is N=C(N)c1cccc(N2CCC[C@H]3CCCC[C@H]32)n1. The minimum atomic E-state index is 0.0547. The first-order valence-corrected chi connectivity index (χ1v) is 7.34. The number of hydrogen-bond donors (Lipinski definition) is 2. The maximum absolute atomic E-state index is 7.52. The number of amidine groups is 1. The summed E-state index contributed by atoms with van der Waals surface area (Å²) in [4.78, 5) is 7.02. The number of anilines is 1. The van der Waals surface area contributed by atoms with Crippen molar-refractivity contribution in [2.75, 3.05) is 11.4 Å². The van der Waals surface area contributed by atoms with Gasteiger partial charge in [-0.25, -0.2) is 4.98 Å². The summed E-state index contributed by atoms with van der Waals surface area (Å²) in [6.45, 7) is 1.09. The van der Waals surface area contributed by atoms with Crippen molar-refractivity contribution in [2.24, 2.45) is 11.7 Å². The van der Waals surface area contributed by atoms with Gasteiger partial charge in [0.15, 0.2) is 0 Å². The maximum atomic E-state index is 7.52. The van der Waals surface area contributed by atoms with Gasteiger partial charge in [-0.1, -0.05) is 18.9 Å². The molecule has 2 heterocycles. The summed E-state index contributed by atoms with van der Waals surface area (Å²) in [6, 6.07) is 6.49. The third kappa shape index (κ3) is 2.44. The molecule has 1 aromatic rings. The van der Waals surface area contributed by atoms with Crippen molar-refractivity contribution in [3.63, 3.8) is 0 Å². The topological polar surface area (TPSA) is 66.0 Å². The van der Waals surface area contributed by atoms with Crippen LogP contribution in [0.2, 0.25) is 0 Å². The average Bonchev–Trinajstić information content (AvgIpc) is 2.47. The van der Waals surface area contributed by atoms with Crippen LogP contribution in [0.25, 0.3) is 0 Å². The minimum absolute atomic E-state index is 0.0547. The van der Waals surface area contributed by atoms with Crippen LogP contribution >= 0.6 is 0 Å². The molecule has 2 atom stereocenters. The molecule has 1 aromatic heterocycles. The van der Waals surface area contributed by atoms with Gasteiger partial charge in [-0.05, 0) is 43.7 Å². The number of hydrogen-bond acceptors (Lipinski definition) is 3. The van der Waals surface area contributed by atoms with Gasteiger partial charge in [0.05, 0.1) is 0 Å². The Morgan fingerprint density at radius 3 is 2.84 bits per heavy atom. The van der Waals surface area contributed by atoms with E-state index in [0.29, 0.717) is 11.7 Å². The van der Waals surface area contributed by atoms with Gasteiger partial charge in [0.25, 0.3) is 0 Å². The summed E-state index contributed by atoms with van der Waals surface area (Å²) in [5.74, 6) is 1.90. The molecule has 19 heavy (non-hydrogen) atoms. The number of rotatable bonds is 2. The van der Waals surface area contributed by atoms with E-state index in [1.165, 1.54) is 38.5 Å². The Morgan fingerprint density at radius 2 is 2.00 bits per heavy atom.